The van der Waals surface area contributed by atoms with Crippen molar-refractivity contribution in [2.75, 3.05) is 11.9 Å². The first-order valence-corrected chi connectivity index (χ1v) is 8.31. The van der Waals surface area contributed by atoms with Crippen LogP contribution in [-0.2, 0) is 15.0 Å². The SMILES string of the molecule is CC1=CC(=O)C[C@H](c2cccc(F)c2)[C@]12C(=O)N(C)c1ccccc12. The second-order valence-corrected chi connectivity index (χ2v) is 6.79. The molecule has 1 amide bonds. The van der Waals surface area contributed by atoms with Crippen molar-refractivity contribution in [2.45, 2.75) is 24.7 Å². The number of likely N-dealkylation sites (N-methyl/N-ethyl adjacent to an activating group) is 1. The van der Waals surface area contributed by atoms with Crippen molar-refractivity contribution in [2.24, 2.45) is 0 Å². The van der Waals surface area contributed by atoms with Gasteiger partial charge in [-0.1, -0.05) is 30.3 Å². The molecule has 4 rings (SSSR count). The van der Waals surface area contributed by atoms with Crippen LogP contribution in [0.1, 0.15) is 30.4 Å². The Morgan fingerprint density at radius 1 is 1.12 bits per heavy atom. The lowest BCUT2D eigenvalue weighted by Gasteiger charge is -2.40. The number of rotatable bonds is 1. The Labute approximate surface area is 145 Å². The van der Waals surface area contributed by atoms with Crippen molar-refractivity contribution in [1.82, 2.24) is 0 Å². The van der Waals surface area contributed by atoms with Crippen LogP contribution in [0, 0.1) is 5.82 Å². The van der Waals surface area contributed by atoms with E-state index in [2.05, 4.69) is 0 Å². The van der Waals surface area contributed by atoms with Crippen molar-refractivity contribution < 1.29 is 14.0 Å². The van der Waals surface area contributed by atoms with Crippen LogP contribution < -0.4 is 4.90 Å². The Kier molecular flexibility index (Phi) is 3.39. The maximum atomic E-state index is 13.9. The molecule has 2 aromatic rings. The first-order valence-electron chi connectivity index (χ1n) is 8.31. The minimum Gasteiger partial charge on any atom is -0.314 e. The summed E-state index contributed by atoms with van der Waals surface area (Å²) in [5.74, 6) is -0.875. The highest BCUT2D eigenvalue weighted by molar-refractivity contribution is 6.13. The van der Waals surface area contributed by atoms with Gasteiger partial charge in [0.2, 0.25) is 5.91 Å². The summed E-state index contributed by atoms with van der Waals surface area (Å²) in [4.78, 5) is 27.3. The van der Waals surface area contributed by atoms with E-state index in [-0.39, 0.29) is 23.9 Å². The third-order valence-electron chi connectivity index (χ3n) is 5.51. The third-order valence-corrected chi connectivity index (χ3v) is 5.51. The van der Waals surface area contributed by atoms with Gasteiger partial charge in [0, 0.05) is 25.1 Å². The average molecular weight is 335 g/mol. The molecule has 0 radical (unpaired) electrons. The zero-order valence-corrected chi connectivity index (χ0v) is 14.1. The Morgan fingerprint density at radius 3 is 2.64 bits per heavy atom. The normalized spacial score (nSPS) is 25.3. The summed E-state index contributed by atoms with van der Waals surface area (Å²) in [5, 5.41) is 0. The van der Waals surface area contributed by atoms with Crippen molar-refractivity contribution in [1.29, 1.82) is 0 Å². The molecule has 1 aliphatic heterocycles. The number of carbonyl (C=O) groups is 2. The molecule has 0 unspecified atom stereocenters. The summed E-state index contributed by atoms with van der Waals surface area (Å²) >= 11 is 0. The van der Waals surface area contributed by atoms with Crippen molar-refractivity contribution in [3.8, 4) is 0 Å². The molecular formula is C21H18FNO2. The van der Waals surface area contributed by atoms with Crippen LogP contribution in [0.3, 0.4) is 0 Å². The number of halogens is 1. The van der Waals surface area contributed by atoms with Crippen LogP contribution in [-0.4, -0.2) is 18.7 Å². The molecule has 1 heterocycles. The second kappa shape index (κ2) is 5.38. The van der Waals surface area contributed by atoms with E-state index < -0.39 is 11.3 Å². The Bertz CT molecular complexity index is 933. The number of ketones is 1. The predicted molar refractivity (Wildman–Crippen MR) is 94.1 cm³/mol. The smallest absolute Gasteiger partial charge is 0.242 e. The van der Waals surface area contributed by atoms with Crippen molar-refractivity contribution >= 4 is 17.4 Å². The number of hydrogen-bond acceptors (Lipinski definition) is 2. The van der Waals surface area contributed by atoms with E-state index in [0.717, 1.165) is 16.8 Å². The summed E-state index contributed by atoms with van der Waals surface area (Å²) in [6, 6.07) is 13.9. The first-order chi connectivity index (χ1) is 12.0. The molecule has 126 valence electrons. The lowest BCUT2D eigenvalue weighted by Crippen LogP contribution is -2.47. The van der Waals surface area contributed by atoms with E-state index in [1.165, 1.54) is 12.1 Å². The van der Waals surface area contributed by atoms with Gasteiger partial charge in [0.15, 0.2) is 5.78 Å². The molecule has 1 spiro atoms. The number of nitrogens with zero attached hydrogens (tertiary/aromatic N) is 1. The van der Waals surface area contributed by atoms with Gasteiger partial charge in [0.1, 0.15) is 11.2 Å². The minimum absolute atomic E-state index is 0.0304. The molecule has 2 atom stereocenters. The summed E-state index contributed by atoms with van der Waals surface area (Å²) in [7, 11) is 1.75. The molecule has 4 heteroatoms. The maximum Gasteiger partial charge on any atom is 0.242 e. The lowest BCUT2D eigenvalue weighted by atomic mass is 9.60. The number of anilines is 1. The number of hydrogen-bond donors (Lipinski definition) is 0. The molecule has 0 aromatic heterocycles. The van der Waals surface area contributed by atoms with E-state index in [4.69, 9.17) is 0 Å². The summed E-state index contributed by atoms with van der Waals surface area (Å²) < 4.78 is 13.9. The second-order valence-electron chi connectivity index (χ2n) is 6.79. The van der Waals surface area contributed by atoms with Gasteiger partial charge in [-0.3, -0.25) is 9.59 Å². The first kappa shape index (κ1) is 15.8. The number of allylic oxidation sites excluding steroid dienone is 1. The summed E-state index contributed by atoms with van der Waals surface area (Å²) in [5.41, 5.74) is 2.18. The quantitative estimate of drug-likeness (QED) is 0.796. The highest BCUT2D eigenvalue weighted by Crippen LogP contribution is 2.56. The van der Waals surface area contributed by atoms with Crippen LogP contribution in [0.25, 0.3) is 0 Å². The van der Waals surface area contributed by atoms with Crippen LogP contribution in [0.4, 0.5) is 10.1 Å². The third kappa shape index (κ3) is 2.03. The fraction of sp³-hybridized carbons (Fsp3) is 0.238. The van der Waals surface area contributed by atoms with E-state index in [0.29, 0.717) is 5.56 Å². The van der Waals surface area contributed by atoms with Crippen LogP contribution >= 0.6 is 0 Å². The molecule has 0 saturated heterocycles. The molecule has 0 saturated carbocycles. The van der Waals surface area contributed by atoms with E-state index in [1.807, 2.05) is 31.2 Å². The topological polar surface area (TPSA) is 37.4 Å². The van der Waals surface area contributed by atoms with Gasteiger partial charge in [-0.05, 0) is 47.9 Å². The van der Waals surface area contributed by atoms with E-state index >= 15 is 0 Å². The van der Waals surface area contributed by atoms with E-state index in [9.17, 15) is 14.0 Å². The van der Waals surface area contributed by atoms with Crippen LogP contribution in [0.2, 0.25) is 0 Å². The Hall–Kier alpha value is -2.75. The summed E-state index contributed by atoms with van der Waals surface area (Å²) in [6.45, 7) is 1.83. The monoisotopic (exact) mass is 335 g/mol. The number of benzene rings is 2. The zero-order valence-electron chi connectivity index (χ0n) is 14.1. The molecule has 25 heavy (non-hydrogen) atoms. The maximum absolute atomic E-state index is 13.9. The van der Waals surface area contributed by atoms with Crippen LogP contribution in [0.15, 0.2) is 60.2 Å². The van der Waals surface area contributed by atoms with Gasteiger partial charge in [0.25, 0.3) is 0 Å². The molecule has 2 aromatic carbocycles. The standard InChI is InChI=1S/C21H18FNO2/c1-13-10-16(24)12-18(14-6-5-7-15(22)11-14)21(13)17-8-3-4-9-19(17)23(2)20(21)25/h3-11,18H,12H2,1-2H3/t18-,21+/m1/s1. The molecule has 2 aliphatic rings. The Morgan fingerprint density at radius 2 is 1.88 bits per heavy atom. The summed E-state index contributed by atoms with van der Waals surface area (Å²) in [6.07, 6.45) is 1.76. The van der Waals surface area contributed by atoms with Gasteiger partial charge >= 0.3 is 0 Å². The van der Waals surface area contributed by atoms with Gasteiger partial charge in [-0.2, -0.15) is 0 Å². The average Bonchev–Trinajstić information content (AvgIpc) is 2.81. The fourth-order valence-corrected chi connectivity index (χ4v) is 4.44. The van der Waals surface area contributed by atoms with Crippen LogP contribution in [0.5, 0.6) is 0 Å². The number of para-hydroxylation sites is 1. The Balaban J connectivity index is 2.03. The predicted octanol–water partition coefficient (Wildman–Crippen LogP) is 3.74. The van der Waals surface area contributed by atoms with Gasteiger partial charge < -0.3 is 4.90 Å². The molecular weight excluding hydrogens is 317 g/mol. The molecule has 3 nitrogen and oxygen atoms in total. The molecule has 0 N–H and O–H groups in total. The molecule has 1 aliphatic carbocycles. The van der Waals surface area contributed by atoms with Crippen molar-refractivity contribution in [3.05, 3.63) is 77.1 Å². The largest absolute Gasteiger partial charge is 0.314 e. The zero-order chi connectivity index (χ0) is 17.8. The van der Waals surface area contributed by atoms with Gasteiger partial charge in [0.05, 0.1) is 0 Å². The fourth-order valence-electron chi connectivity index (χ4n) is 4.44. The molecule has 0 bridgehead atoms. The number of amides is 1. The highest BCUT2D eigenvalue weighted by Gasteiger charge is 2.57. The van der Waals surface area contributed by atoms with Gasteiger partial charge in [-0.15, -0.1) is 0 Å². The lowest BCUT2D eigenvalue weighted by molar-refractivity contribution is -0.123. The molecule has 0 fully saturated rings. The minimum atomic E-state index is -0.951. The number of carbonyl (C=O) groups excluding carboxylic acids is 2. The van der Waals surface area contributed by atoms with E-state index in [1.54, 1.807) is 30.2 Å². The highest BCUT2D eigenvalue weighted by atomic mass is 19.1. The number of fused-ring (bicyclic) bond motifs is 2. The van der Waals surface area contributed by atoms with Crippen molar-refractivity contribution in [3.63, 3.8) is 0 Å². The van der Waals surface area contributed by atoms with Gasteiger partial charge in [-0.25, -0.2) is 4.39 Å².